The molecule has 0 unspecified atom stereocenters. The molecule has 168 valence electrons. The normalized spacial score (nSPS) is 13.3. The standard InChI is InChI=1S/C36H24/c1-3-13-25(14-4-1)34-24-28(23-27-17-7-8-18-29(27)34)36-32-21-11-9-19-30(32)35(26-15-5-2-6-16-26)31-20-10-12-22-33(31)36/h1-24H/i1D,3D,4D,13D,14D. The Morgan fingerprint density at radius 2 is 0.889 bits per heavy atom. The van der Waals surface area contributed by atoms with Crippen molar-refractivity contribution in [1.82, 2.24) is 0 Å². The van der Waals surface area contributed by atoms with Gasteiger partial charge in [-0.2, -0.15) is 0 Å². The van der Waals surface area contributed by atoms with Crippen LogP contribution in [0.15, 0.2) is 145 Å². The highest BCUT2D eigenvalue weighted by Crippen LogP contribution is 2.45. The van der Waals surface area contributed by atoms with Gasteiger partial charge in [0.25, 0.3) is 0 Å². The van der Waals surface area contributed by atoms with E-state index >= 15 is 0 Å². The quantitative estimate of drug-likeness (QED) is 0.230. The third-order valence-corrected chi connectivity index (χ3v) is 6.91. The van der Waals surface area contributed by atoms with Gasteiger partial charge in [-0.25, -0.2) is 0 Å². The molecular weight excluding hydrogens is 432 g/mol. The van der Waals surface area contributed by atoms with Gasteiger partial charge in [0.1, 0.15) is 0 Å². The van der Waals surface area contributed by atoms with E-state index in [1.54, 1.807) is 0 Å². The lowest BCUT2D eigenvalue weighted by atomic mass is 9.84. The molecule has 7 rings (SSSR count). The first-order chi connectivity index (χ1) is 20.0. The molecule has 0 fully saturated rings. The molecule has 0 N–H and O–H groups in total. The van der Waals surface area contributed by atoms with Gasteiger partial charge in [0, 0.05) is 0 Å². The summed E-state index contributed by atoms with van der Waals surface area (Å²) in [6, 6.07) is 37.8. The van der Waals surface area contributed by atoms with Crippen molar-refractivity contribution in [3.63, 3.8) is 0 Å². The summed E-state index contributed by atoms with van der Waals surface area (Å²) in [6.45, 7) is 0. The highest BCUT2D eigenvalue weighted by atomic mass is 14.2. The Labute approximate surface area is 218 Å². The first kappa shape index (κ1) is 16.1. The van der Waals surface area contributed by atoms with Crippen molar-refractivity contribution in [2.24, 2.45) is 0 Å². The number of rotatable bonds is 3. The number of hydrogen-bond donors (Lipinski definition) is 0. The summed E-state index contributed by atoms with van der Waals surface area (Å²) < 4.78 is 42.2. The Kier molecular flexibility index (Phi) is 3.80. The highest BCUT2D eigenvalue weighted by Gasteiger charge is 2.17. The van der Waals surface area contributed by atoms with Crippen molar-refractivity contribution in [1.29, 1.82) is 0 Å². The van der Waals surface area contributed by atoms with Gasteiger partial charge in [-0.1, -0.05) is 133 Å². The van der Waals surface area contributed by atoms with Gasteiger partial charge < -0.3 is 0 Å². The summed E-state index contributed by atoms with van der Waals surface area (Å²) >= 11 is 0. The Bertz CT molecular complexity index is 2060. The second-order valence-corrected chi connectivity index (χ2v) is 8.95. The van der Waals surface area contributed by atoms with E-state index in [0.29, 0.717) is 5.56 Å². The largest absolute Gasteiger partial charge is 0.0629 e. The molecule has 0 aliphatic heterocycles. The molecule has 0 nitrogen and oxygen atoms in total. The maximum atomic E-state index is 8.74. The van der Waals surface area contributed by atoms with Gasteiger partial charge in [-0.15, -0.1) is 0 Å². The molecule has 0 saturated heterocycles. The lowest BCUT2D eigenvalue weighted by molar-refractivity contribution is 1.64. The summed E-state index contributed by atoms with van der Waals surface area (Å²) in [5, 5.41) is 6.21. The molecule has 0 radical (unpaired) electrons. The Hall–Kier alpha value is -4.68. The van der Waals surface area contributed by atoms with Gasteiger partial charge in [0.2, 0.25) is 0 Å². The average molecular weight is 462 g/mol. The lowest BCUT2D eigenvalue weighted by Gasteiger charge is -2.19. The van der Waals surface area contributed by atoms with Crippen LogP contribution in [0.2, 0.25) is 0 Å². The van der Waals surface area contributed by atoms with E-state index in [1.165, 1.54) is 5.56 Å². The number of hydrogen-bond acceptors (Lipinski definition) is 0. The lowest BCUT2D eigenvalue weighted by Crippen LogP contribution is -1.92. The summed E-state index contributed by atoms with van der Waals surface area (Å²) in [5.41, 5.74) is 5.13. The Balaban J connectivity index is 1.64. The molecule has 0 amide bonds. The molecule has 7 aromatic rings. The summed E-state index contributed by atoms with van der Waals surface area (Å²) in [4.78, 5) is 0. The van der Waals surface area contributed by atoms with Crippen molar-refractivity contribution in [2.45, 2.75) is 0 Å². The maximum Gasteiger partial charge on any atom is 0.0629 e. The van der Waals surface area contributed by atoms with Crippen LogP contribution in [0, 0.1) is 0 Å². The fraction of sp³-hybridized carbons (Fsp3) is 0. The van der Waals surface area contributed by atoms with Crippen molar-refractivity contribution >= 4 is 32.3 Å². The van der Waals surface area contributed by atoms with Crippen molar-refractivity contribution in [2.75, 3.05) is 0 Å². The second-order valence-electron chi connectivity index (χ2n) is 8.95. The van der Waals surface area contributed by atoms with E-state index in [1.807, 2.05) is 48.5 Å². The molecule has 0 spiro atoms. The van der Waals surface area contributed by atoms with Gasteiger partial charge in [0.05, 0.1) is 6.85 Å². The van der Waals surface area contributed by atoms with Crippen molar-refractivity contribution in [3.8, 4) is 33.4 Å². The molecular formula is C36H24. The smallest absolute Gasteiger partial charge is 0.0622 e. The van der Waals surface area contributed by atoms with Gasteiger partial charge in [-0.3, -0.25) is 0 Å². The molecule has 0 bridgehead atoms. The van der Waals surface area contributed by atoms with Crippen LogP contribution in [-0.2, 0) is 0 Å². The predicted octanol–water partition coefficient (Wildman–Crippen LogP) is 10.1. The van der Waals surface area contributed by atoms with E-state index in [4.69, 9.17) is 6.85 Å². The van der Waals surface area contributed by atoms with Crippen LogP contribution in [0.25, 0.3) is 65.7 Å². The molecule has 0 heterocycles. The number of fused-ring (bicyclic) bond motifs is 3. The van der Waals surface area contributed by atoms with Crippen LogP contribution >= 0.6 is 0 Å². The van der Waals surface area contributed by atoms with E-state index in [-0.39, 0.29) is 29.7 Å². The van der Waals surface area contributed by atoms with Crippen LogP contribution in [0.3, 0.4) is 0 Å². The van der Waals surface area contributed by atoms with Crippen molar-refractivity contribution in [3.05, 3.63) is 145 Å². The second kappa shape index (κ2) is 8.52. The van der Waals surface area contributed by atoms with Gasteiger partial charge in [-0.05, 0) is 77.8 Å². The topological polar surface area (TPSA) is 0 Å². The predicted molar refractivity (Wildman–Crippen MR) is 155 cm³/mol. The van der Waals surface area contributed by atoms with Crippen LogP contribution < -0.4 is 0 Å². The highest BCUT2D eigenvalue weighted by molar-refractivity contribution is 6.22. The van der Waals surface area contributed by atoms with Crippen LogP contribution in [0.5, 0.6) is 0 Å². The van der Waals surface area contributed by atoms with Crippen LogP contribution in [0.4, 0.5) is 0 Å². The molecule has 0 aliphatic carbocycles. The molecule has 0 saturated carbocycles. The maximum absolute atomic E-state index is 8.74. The third kappa shape index (κ3) is 3.31. The SMILES string of the molecule is [2H]c1c([2H])c([2H])c(-c2cc(-c3c4ccccc4c(-c4ccccc4)c4ccccc34)cc3ccccc23)c([2H])c1[2H]. The van der Waals surface area contributed by atoms with E-state index in [2.05, 4.69) is 66.7 Å². The molecule has 36 heavy (non-hydrogen) atoms. The first-order valence-electron chi connectivity index (χ1n) is 14.5. The summed E-state index contributed by atoms with van der Waals surface area (Å²) in [7, 11) is 0. The van der Waals surface area contributed by atoms with Crippen LogP contribution in [-0.4, -0.2) is 0 Å². The molecule has 0 heteroatoms. The zero-order chi connectivity index (χ0) is 28.2. The molecule has 7 aromatic carbocycles. The zero-order valence-corrected chi connectivity index (χ0v) is 19.5. The van der Waals surface area contributed by atoms with Gasteiger partial charge >= 0.3 is 0 Å². The average Bonchev–Trinajstić information content (AvgIpc) is 3.02. The molecule has 0 aromatic heterocycles. The Morgan fingerprint density at radius 1 is 0.389 bits per heavy atom. The van der Waals surface area contributed by atoms with Crippen LogP contribution in [0.1, 0.15) is 6.85 Å². The number of benzene rings is 7. The summed E-state index contributed by atoms with van der Waals surface area (Å²) in [5.74, 6) is 0. The van der Waals surface area contributed by atoms with E-state index < -0.39 is 6.04 Å². The first-order valence-corrected chi connectivity index (χ1v) is 12.0. The van der Waals surface area contributed by atoms with E-state index in [9.17, 15) is 0 Å². The third-order valence-electron chi connectivity index (χ3n) is 6.91. The fourth-order valence-electron chi connectivity index (χ4n) is 5.40. The molecule has 0 aliphatic rings. The Morgan fingerprint density at radius 3 is 1.50 bits per heavy atom. The minimum atomic E-state index is -0.391. The van der Waals surface area contributed by atoms with Gasteiger partial charge in [0.15, 0.2) is 0 Å². The fourth-order valence-corrected chi connectivity index (χ4v) is 5.40. The minimum absolute atomic E-state index is 0.201. The zero-order valence-electron chi connectivity index (χ0n) is 24.5. The summed E-state index contributed by atoms with van der Waals surface area (Å²) in [6.07, 6.45) is 0. The monoisotopic (exact) mass is 461 g/mol. The minimum Gasteiger partial charge on any atom is -0.0622 e. The molecule has 0 atom stereocenters. The van der Waals surface area contributed by atoms with Crippen molar-refractivity contribution < 1.29 is 6.85 Å². The van der Waals surface area contributed by atoms with E-state index in [0.717, 1.165) is 49.0 Å².